The largest absolute Gasteiger partial charge is 0.416 e. The van der Waals surface area contributed by atoms with E-state index in [1.54, 1.807) is 0 Å². The third-order valence-corrected chi connectivity index (χ3v) is 2.68. The van der Waals surface area contributed by atoms with Crippen molar-refractivity contribution < 1.29 is 18.3 Å². The summed E-state index contributed by atoms with van der Waals surface area (Å²) in [4.78, 5) is 0. The summed E-state index contributed by atoms with van der Waals surface area (Å²) in [6.45, 7) is 2.00. The highest BCUT2D eigenvalue weighted by Gasteiger charge is 2.30. The van der Waals surface area contributed by atoms with E-state index in [1.165, 1.54) is 12.1 Å². The van der Waals surface area contributed by atoms with E-state index >= 15 is 0 Å². The molecule has 0 fully saturated rings. The van der Waals surface area contributed by atoms with Crippen molar-refractivity contribution in [2.24, 2.45) is 0 Å². The summed E-state index contributed by atoms with van der Waals surface area (Å²) >= 11 is 0. The van der Waals surface area contributed by atoms with Crippen LogP contribution in [0.4, 0.5) is 13.2 Å². The Morgan fingerprint density at radius 3 is 2.68 bits per heavy atom. The summed E-state index contributed by atoms with van der Waals surface area (Å²) in [5.41, 5.74) is -0.532. The molecule has 1 aromatic carbocycles. The van der Waals surface area contributed by atoms with Crippen LogP contribution in [0.1, 0.15) is 30.6 Å². The number of aliphatic hydroxyl groups is 1. The smallest absolute Gasteiger partial charge is 0.387 e. The van der Waals surface area contributed by atoms with Crippen LogP contribution in [0.2, 0.25) is 0 Å². The van der Waals surface area contributed by atoms with Crippen molar-refractivity contribution in [3.63, 3.8) is 0 Å². The molecular weight excluding hydrogens is 255 g/mol. The molecule has 1 rings (SSSR count). The lowest BCUT2D eigenvalue weighted by Crippen LogP contribution is -2.30. The van der Waals surface area contributed by atoms with Crippen LogP contribution in [0.3, 0.4) is 0 Å². The van der Waals surface area contributed by atoms with Gasteiger partial charge in [-0.3, -0.25) is 0 Å². The summed E-state index contributed by atoms with van der Waals surface area (Å²) < 4.78 is 37.6. The molecule has 2 N–H and O–H groups in total. The highest BCUT2D eigenvalue weighted by Crippen LogP contribution is 2.30. The van der Waals surface area contributed by atoms with Gasteiger partial charge in [-0.05, 0) is 24.6 Å². The maximum Gasteiger partial charge on any atom is 0.416 e. The Morgan fingerprint density at radius 2 is 2.11 bits per heavy atom. The molecule has 0 saturated carbocycles. The average molecular weight is 271 g/mol. The topological polar surface area (TPSA) is 32.3 Å². The fourth-order valence-electron chi connectivity index (χ4n) is 1.60. The van der Waals surface area contributed by atoms with Gasteiger partial charge >= 0.3 is 6.18 Å². The number of hydrogen-bond acceptors (Lipinski definition) is 2. The molecule has 0 saturated heterocycles. The Balaban J connectivity index is 2.67. The number of aliphatic hydroxyl groups excluding tert-OH is 1. The van der Waals surface area contributed by atoms with Gasteiger partial charge in [0, 0.05) is 19.0 Å². The molecule has 0 aliphatic rings. The maximum atomic E-state index is 12.5. The summed E-state index contributed by atoms with van der Waals surface area (Å²) in [6.07, 6.45) is 0.232. The Labute approximate surface area is 110 Å². The lowest BCUT2D eigenvalue weighted by molar-refractivity contribution is -0.137. The number of rotatable bonds is 5. The van der Waals surface area contributed by atoms with Crippen LogP contribution in [0.5, 0.6) is 0 Å². The van der Waals surface area contributed by atoms with Crippen LogP contribution in [0, 0.1) is 12.3 Å². The Hall–Kier alpha value is -1.51. The van der Waals surface area contributed by atoms with Gasteiger partial charge in [0.15, 0.2) is 0 Å². The van der Waals surface area contributed by atoms with Gasteiger partial charge in [0.2, 0.25) is 0 Å². The zero-order valence-electron chi connectivity index (χ0n) is 10.5. The minimum absolute atomic E-state index is 0.00505. The molecule has 2 unspecified atom stereocenters. The highest BCUT2D eigenvalue weighted by atomic mass is 19.4. The molecule has 0 spiro atoms. The zero-order valence-corrected chi connectivity index (χ0v) is 10.5. The summed E-state index contributed by atoms with van der Waals surface area (Å²) in [5, 5.41) is 12.8. The van der Waals surface area contributed by atoms with Gasteiger partial charge in [0.25, 0.3) is 0 Å². The van der Waals surface area contributed by atoms with Gasteiger partial charge in [0.05, 0.1) is 11.7 Å². The summed E-state index contributed by atoms with van der Waals surface area (Å²) in [7, 11) is 0. The van der Waals surface area contributed by atoms with Crippen molar-refractivity contribution >= 4 is 0 Å². The fourth-order valence-corrected chi connectivity index (χ4v) is 1.60. The van der Waals surface area contributed by atoms with Crippen molar-refractivity contribution in [3.8, 4) is 12.3 Å². The molecule has 19 heavy (non-hydrogen) atoms. The average Bonchev–Trinajstić information content (AvgIpc) is 2.35. The number of halogens is 3. The SMILES string of the molecule is C#CCC(C)NCC(O)c1cccc(C(F)(F)F)c1. The minimum Gasteiger partial charge on any atom is -0.387 e. The third kappa shape index (κ3) is 4.93. The molecule has 0 aromatic heterocycles. The molecule has 0 bridgehead atoms. The second-order valence-corrected chi connectivity index (χ2v) is 4.36. The molecule has 0 radical (unpaired) electrons. The molecule has 5 heteroatoms. The normalized spacial score (nSPS) is 14.7. The number of terminal acetylenes is 1. The monoisotopic (exact) mass is 271 g/mol. The van der Waals surface area contributed by atoms with E-state index in [0.29, 0.717) is 6.42 Å². The van der Waals surface area contributed by atoms with E-state index in [9.17, 15) is 18.3 Å². The van der Waals surface area contributed by atoms with Crippen molar-refractivity contribution in [1.29, 1.82) is 0 Å². The van der Waals surface area contributed by atoms with E-state index in [1.807, 2.05) is 6.92 Å². The zero-order chi connectivity index (χ0) is 14.5. The van der Waals surface area contributed by atoms with Gasteiger partial charge < -0.3 is 10.4 Å². The molecule has 0 amide bonds. The van der Waals surface area contributed by atoms with Crippen molar-refractivity contribution in [2.45, 2.75) is 31.7 Å². The second-order valence-electron chi connectivity index (χ2n) is 4.36. The van der Waals surface area contributed by atoms with Crippen LogP contribution < -0.4 is 5.32 Å². The van der Waals surface area contributed by atoms with Gasteiger partial charge in [-0.2, -0.15) is 13.2 Å². The molecule has 0 heterocycles. The molecule has 104 valence electrons. The third-order valence-electron chi connectivity index (χ3n) is 2.68. The first-order chi connectivity index (χ1) is 8.84. The summed E-state index contributed by atoms with van der Waals surface area (Å²) in [6, 6.07) is 4.69. The van der Waals surface area contributed by atoms with Crippen molar-refractivity contribution in [1.82, 2.24) is 5.32 Å². The standard InChI is InChI=1S/C14H16F3NO/c1-3-5-10(2)18-9-13(19)11-6-4-7-12(8-11)14(15,16)17/h1,4,6-8,10,13,18-19H,5,9H2,2H3. The summed E-state index contributed by atoms with van der Waals surface area (Å²) in [5.74, 6) is 2.47. The van der Waals surface area contributed by atoms with Gasteiger partial charge in [0.1, 0.15) is 0 Å². The molecule has 0 aliphatic carbocycles. The van der Waals surface area contributed by atoms with E-state index in [-0.39, 0.29) is 18.2 Å². The Morgan fingerprint density at radius 1 is 1.42 bits per heavy atom. The van der Waals surface area contributed by atoms with Crippen LogP contribution >= 0.6 is 0 Å². The molecule has 2 nitrogen and oxygen atoms in total. The predicted molar refractivity (Wildman–Crippen MR) is 67.3 cm³/mol. The number of alkyl halides is 3. The second kappa shape index (κ2) is 6.60. The van der Waals surface area contributed by atoms with Gasteiger partial charge in [-0.15, -0.1) is 12.3 Å². The van der Waals surface area contributed by atoms with Gasteiger partial charge in [-0.25, -0.2) is 0 Å². The Kier molecular flexibility index (Phi) is 5.40. The first-order valence-electron chi connectivity index (χ1n) is 5.86. The van der Waals surface area contributed by atoms with Crippen molar-refractivity contribution in [3.05, 3.63) is 35.4 Å². The number of nitrogens with one attached hydrogen (secondary N) is 1. The van der Waals surface area contributed by atoms with E-state index in [4.69, 9.17) is 6.42 Å². The highest BCUT2D eigenvalue weighted by molar-refractivity contribution is 5.27. The van der Waals surface area contributed by atoms with Crippen molar-refractivity contribution in [2.75, 3.05) is 6.54 Å². The predicted octanol–water partition coefficient (Wildman–Crippen LogP) is 2.74. The van der Waals surface area contributed by atoms with Crippen LogP contribution in [0.15, 0.2) is 24.3 Å². The molecular formula is C14H16F3NO. The van der Waals surface area contributed by atoms with E-state index in [2.05, 4.69) is 11.2 Å². The van der Waals surface area contributed by atoms with E-state index in [0.717, 1.165) is 12.1 Å². The molecule has 0 aliphatic heterocycles. The molecule has 1 aromatic rings. The quantitative estimate of drug-likeness (QED) is 0.807. The lowest BCUT2D eigenvalue weighted by Gasteiger charge is -2.17. The van der Waals surface area contributed by atoms with E-state index < -0.39 is 17.8 Å². The number of hydrogen-bond donors (Lipinski definition) is 2. The maximum absolute atomic E-state index is 12.5. The fraction of sp³-hybridized carbons (Fsp3) is 0.429. The minimum atomic E-state index is -4.40. The van der Waals surface area contributed by atoms with Crippen LogP contribution in [0.25, 0.3) is 0 Å². The number of benzene rings is 1. The lowest BCUT2D eigenvalue weighted by atomic mass is 10.1. The van der Waals surface area contributed by atoms with Crippen LogP contribution in [-0.4, -0.2) is 17.7 Å². The van der Waals surface area contributed by atoms with Crippen LogP contribution in [-0.2, 0) is 6.18 Å². The Bertz CT molecular complexity index is 451. The first kappa shape index (κ1) is 15.5. The molecule has 2 atom stereocenters. The first-order valence-corrected chi connectivity index (χ1v) is 5.86. The van der Waals surface area contributed by atoms with Gasteiger partial charge in [-0.1, -0.05) is 12.1 Å².